The summed E-state index contributed by atoms with van der Waals surface area (Å²) in [5.74, 6) is -1.13. The van der Waals surface area contributed by atoms with Gasteiger partial charge in [-0.2, -0.15) is 0 Å². The Morgan fingerprint density at radius 3 is 2.25 bits per heavy atom. The van der Waals surface area contributed by atoms with Crippen LogP contribution in [0.5, 0.6) is 5.75 Å². The zero-order valence-corrected chi connectivity index (χ0v) is 16.1. The Morgan fingerprint density at radius 1 is 1.14 bits per heavy atom. The quantitative estimate of drug-likeness (QED) is 0.600. The smallest absolute Gasteiger partial charge is 0.341 e. The number of carboxylic acids is 1. The van der Waals surface area contributed by atoms with E-state index in [0.717, 1.165) is 0 Å². The van der Waals surface area contributed by atoms with Crippen LogP contribution < -0.4 is 9.64 Å². The van der Waals surface area contributed by atoms with Gasteiger partial charge in [-0.15, -0.1) is 0 Å². The third-order valence-electron chi connectivity index (χ3n) is 4.14. The molecule has 0 aliphatic carbocycles. The molecule has 0 spiro atoms. The van der Waals surface area contributed by atoms with Crippen molar-refractivity contribution in [2.24, 2.45) is 0 Å². The van der Waals surface area contributed by atoms with E-state index in [1.54, 1.807) is 43.4 Å². The molecule has 0 unspecified atom stereocenters. The molecular weight excluding hydrogens is 364 g/mol. The number of benzene rings is 2. The van der Waals surface area contributed by atoms with Crippen LogP contribution in [-0.2, 0) is 10.2 Å². The first-order valence-corrected chi connectivity index (χ1v) is 8.52. The lowest BCUT2D eigenvalue weighted by Crippen LogP contribution is -2.26. The second-order valence-corrected chi connectivity index (χ2v) is 7.28. The van der Waals surface area contributed by atoms with Crippen LogP contribution in [0.1, 0.15) is 36.7 Å². The molecule has 8 heteroatoms. The highest BCUT2D eigenvalue weighted by molar-refractivity contribution is 6.06. The van der Waals surface area contributed by atoms with Crippen molar-refractivity contribution in [1.82, 2.24) is 0 Å². The molecule has 0 bridgehead atoms. The number of nitro benzene ring substituents is 1. The summed E-state index contributed by atoms with van der Waals surface area (Å²) in [4.78, 5) is 35.6. The maximum atomic E-state index is 12.8. The summed E-state index contributed by atoms with van der Waals surface area (Å²) in [5, 5.41) is 20.1. The number of carbonyl (C=O) groups excluding carboxylic acids is 1. The summed E-state index contributed by atoms with van der Waals surface area (Å²) in [7, 11) is 1.55. The molecule has 8 nitrogen and oxygen atoms in total. The number of aliphatic carboxylic acids is 1. The molecule has 0 heterocycles. The summed E-state index contributed by atoms with van der Waals surface area (Å²) in [5.41, 5.74) is 0.770. The molecule has 0 saturated heterocycles. The topological polar surface area (TPSA) is 110 Å². The van der Waals surface area contributed by atoms with Crippen molar-refractivity contribution in [3.8, 4) is 5.75 Å². The third-order valence-corrected chi connectivity index (χ3v) is 4.14. The maximum Gasteiger partial charge on any atom is 0.341 e. The van der Waals surface area contributed by atoms with E-state index in [0.29, 0.717) is 17.0 Å². The average Bonchev–Trinajstić information content (AvgIpc) is 2.64. The summed E-state index contributed by atoms with van der Waals surface area (Å²) < 4.78 is 5.06. The molecule has 2 aromatic carbocycles. The third kappa shape index (κ3) is 4.85. The van der Waals surface area contributed by atoms with Crippen molar-refractivity contribution in [1.29, 1.82) is 0 Å². The molecule has 1 N–H and O–H groups in total. The first-order chi connectivity index (χ1) is 13.0. The van der Waals surface area contributed by atoms with Crippen LogP contribution in [0.3, 0.4) is 0 Å². The van der Waals surface area contributed by atoms with Crippen LogP contribution in [0.25, 0.3) is 0 Å². The molecule has 0 aromatic heterocycles. The van der Waals surface area contributed by atoms with Gasteiger partial charge in [-0.3, -0.25) is 14.9 Å². The Hall–Kier alpha value is -3.42. The van der Waals surface area contributed by atoms with Gasteiger partial charge >= 0.3 is 5.97 Å². The number of nitrogens with zero attached hydrogens (tertiary/aromatic N) is 2. The van der Waals surface area contributed by atoms with Crippen molar-refractivity contribution in [2.75, 3.05) is 18.6 Å². The first-order valence-electron chi connectivity index (χ1n) is 8.52. The van der Waals surface area contributed by atoms with Crippen molar-refractivity contribution in [2.45, 2.75) is 26.2 Å². The van der Waals surface area contributed by atoms with E-state index in [-0.39, 0.29) is 11.3 Å². The lowest BCUT2D eigenvalue weighted by atomic mass is 9.85. The van der Waals surface area contributed by atoms with Crippen molar-refractivity contribution >= 4 is 23.3 Å². The van der Waals surface area contributed by atoms with Crippen LogP contribution in [-0.4, -0.2) is 35.6 Å². The number of nitro groups is 1. The zero-order chi connectivity index (χ0) is 21.1. The maximum absolute atomic E-state index is 12.8. The molecule has 1 amide bonds. The van der Waals surface area contributed by atoms with E-state index in [1.165, 1.54) is 11.0 Å². The molecule has 148 valence electrons. The van der Waals surface area contributed by atoms with Crippen LogP contribution in [0.2, 0.25) is 0 Å². The highest BCUT2D eigenvalue weighted by Crippen LogP contribution is 2.32. The second-order valence-electron chi connectivity index (χ2n) is 7.28. The summed E-state index contributed by atoms with van der Waals surface area (Å²) in [6, 6.07) is 10.8. The van der Waals surface area contributed by atoms with Crippen LogP contribution in [0.4, 0.5) is 11.4 Å². The van der Waals surface area contributed by atoms with Gasteiger partial charge in [0.2, 0.25) is 0 Å². The van der Waals surface area contributed by atoms with Gasteiger partial charge in [0.05, 0.1) is 4.92 Å². The Morgan fingerprint density at radius 2 is 1.75 bits per heavy atom. The van der Waals surface area contributed by atoms with E-state index in [9.17, 15) is 19.7 Å². The molecule has 0 fully saturated rings. The minimum absolute atomic E-state index is 0.0934. The van der Waals surface area contributed by atoms with Crippen LogP contribution in [0, 0.1) is 10.1 Å². The fourth-order valence-corrected chi connectivity index (χ4v) is 2.67. The van der Waals surface area contributed by atoms with Gasteiger partial charge in [0.1, 0.15) is 5.75 Å². The zero-order valence-electron chi connectivity index (χ0n) is 16.1. The van der Waals surface area contributed by atoms with Crippen LogP contribution >= 0.6 is 0 Å². The SMILES string of the molecule is CN(C(=O)c1ccc(C(C)(C)C)c([N+](=O)[O-])c1)c1ccc(OCC(=O)O)cc1. The Balaban J connectivity index is 2.26. The van der Waals surface area contributed by atoms with Gasteiger partial charge in [0.25, 0.3) is 11.6 Å². The number of anilines is 1. The molecule has 0 aliphatic heterocycles. The number of rotatable bonds is 6. The normalized spacial score (nSPS) is 11.0. The molecule has 0 saturated carbocycles. The van der Waals surface area contributed by atoms with Gasteiger partial charge in [-0.05, 0) is 35.7 Å². The van der Waals surface area contributed by atoms with E-state index >= 15 is 0 Å². The van der Waals surface area contributed by atoms with Gasteiger partial charge in [0, 0.05) is 29.9 Å². The monoisotopic (exact) mass is 386 g/mol. The molecule has 0 aliphatic rings. The molecular formula is C20H22N2O6. The standard InChI is InChI=1S/C20H22N2O6/c1-20(2,3)16-10-5-13(11-17(16)22(26)27)19(25)21(4)14-6-8-15(9-7-14)28-12-18(23)24/h5-11H,12H2,1-4H3,(H,23,24). The summed E-state index contributed by atoms with van der Waals surface area (Å²) >= 11 is 0. The number of hydrogen-bond acceptors (Lipinski definition) is 5. The number of carboxylic acid groups (broad SMARTS) is 1. The molecule has 2 aromatic rings. The first kappa shape index (κ1) is 20.9. The molecule has 2 rings (SSSR count). The highest BCUT2D eigenvalue weighted by Gasteiger charge is 2.27. The van der Waals surface area contributed by atoms with E-state index in [2.05, 4.69) is 0 Å². The van der Waals surface area contributed by atoms with Crippen molar-refractivity contribution in [3.63, 3.8) is 0 Å². The van der Waals surface area contributed by atoms with Gasteiger partial charge < -0.3 is 14.7 Å². The Bertz CT molecular complexity index is 900. The van der Waals surface area contributed by atoms with E-state index < -0.39 is 28.8 Å². The fraction of sp³-hybridized carbons (Fsp3) is 0.300. The van der Waals surface area contributed by atoms with E-state index in [4.69, 9.17) is 9.84 Å². The lowest BCUT2D eigenvalue weighted by molar-refractivity contribution is -0.386. The minimum atomic E-state index is -1.09. The summed E-state index contributed by atoms with van der Waals surface area (Å²) in [6.45, 7) is 5.16. The number of carbonyl (C=O) groups is 2. The van der Waals surface area contributed by atoms with Gasteiger partial charge in [-0.25, -0.2) is 4.79 Å². The second kappa shape index (κ2) is 8.08. The number of ether oxygens (including phenoxy) is 1. The highest BCUT2D eigenvalue weighted by atomic mass is 16.6. The average molecular weight is 386 g/mol. The lowest BCUT2D eigenvalue weighted by Gasteiger charge is -2.21. The number of amides is 1. The largest absolute Gasteiger partial charge is 0.482 e. The van der Waals surface area contributed by atoms with Crippen LogP contribution in [0.15, 0.2) is 42.5 Å². The number of hydrogen-bond donors (Lipinski definition) is 1. The molecule has 0 atom stereocenters. The fourth-order valence-electron chi connectivity index (χ4n) is 2.67. The molecule has 28 heavy (non-hydrogen) atoms. The Labute approximate surface area is 162 Å². The van der Waals surface area contributed by atoms with Gasteiger partial charge in [-0.1, -0.05) is 26.8 Å². The van der Waals surface area contributed by atoms with E-state index in [1.807, 2.05) is 20.8 Å². The van der Waals surface area contributed by atoms with Crippen molar-refractivity contribution in [3.05, 3.63) is 63.7 Å². The predicted octanol–water partition coefficient (Wildman–Crippen LogP) is 3.63. The summed E-state index contributed by atoms with van der Waals surface area (Å²) in [6.07, 6.45) is 0. The predicted molar refractivity (Wildman–Crippen MR) is 104 cm³/mol. The van der Waals surface area contributed by atoms with Crippen molar-refractivity contribution < 1.29 is 24.4 Å². The minimum Gasteiger partial charge on any atom is -0.482 e. The molecule has 0 radical (unpaired) electrons. The Kier molecular flexibility index (Phi) is 6.03. The van der Waals surface area contributed by atoms with Gasteiger partial charge in [0.15, 0.2) is 6.61 Å².